The number of nitrogens with two attached hydrogens (primary N) is 1. The van der Waals surface area contributed by atoms with Crippen LogP contribution in [0.3, 0.4) is 0 Å². The Balaban J connectivity index is 2.70. The van der Waals surface area contributed by atoms with Gasteiger partial charge in [-0.3, -0.25) is 0 Å². The Morgan fingerprint density at radius 1 is 1.20 bits per heavy atom. The number of aromatic nitrogens is 2. The highest BCUT2D eigenvalue weighted by atomic mass is 19.1. The summed E-state index contributed by atoms with van der Waals surface area (Å²) in [5.74, 6) is -0.0541. The normalized spacial score (nSPS) is 10.4. The van der Waals surface area contributed by atoms with Gasteiger partial charge in [-0.05, 0) is 0 Å². The van der Waals surface area contributed by atoms with Gasteiger partial charge in [0.05, 0.1) is 27.9 Å². The average molecular weight is 283 g/mol. The van der Waals surface area contributed by atoms with Crippen molar-refractivity contribution in [1.29, 1.82) is 0 Å². The maximum atomic E-state index is 14.4. The summed E-state index contributed by atoms with van der Waals surface area (Å²) >= 11 is 0. The molecule has 1 heterocycles. The van der Waals surface area contributed by atoms with Crippen molar-refractivity contribution in [2.75, 3.05) is 21.3 Å². The molecule has 0 fully saturated rings. The van der Waals surface area contributed by atoms with Gasteiger partial charge in [0.25, 0.3) is 0 Å². The largest absolute Gasteiger partial charge is 0.494 e. The summed E-state index contributed by atoms with van der Waals surface area (Å²) in [5, 5.41) is 3.68. The Kier molecular flexibility index (Phi) is 4.04. The number of benzene rings is 1. The van der Waals surface area contributed by atoms with Crippen molar-refractivity contribution < 1.29 is 23.1 Å². The Bertz CT molecular complexity index is 615. The van der Waals surface area contributed by atoms with Crippen LogP contribution in [-0.4, -0.2) is 31.5 Å². The van der Waals surface area contributed by atoms with Gasteiger partial charge in [0, 0.05) is 6.07 Å². The molecule has 20 heavy (non-hydrogen) atoms. The van der Waals surface area contributed by atoms with E-state index in [1.165, 1.54) is 27.4 Å². The van der Waals surface area contributed by atoms with E-state index < -0.39 is 5.82 Å². The predicted molar refractivity (Wildman–Crippen MR) is 67.2 cm³/mol. The lowest BCUT2D eigenvalue weighted by molar-refractivity contribution is 0.340. The minimum absolute atomic E-state index is 0.00727. The van der Waals surface area contributed by atoms with Crippen LogP contribution in [0.1, 0.15) is 5.89 Å². The molecule has 8 heteroatoms. The zero-order valence-corrected chi connectivity index (χ0v) is 11.3. The van der Waals surface area contributed by atoms with Gasteiger partial charge in [-0.15, -0.1) is 0 Å². The molecule has 0 saturated carbocycles. The van der Waals surface area contributed by atoms with E-state index >= 15 is 0 Å². The van der Waals surface area contributed by atoms with E-state index in [0.717, 1.165) is 0 Å². The molecule has 108 valence electrons. The second-order valence-electron chi connectivity index (χ2n) is 3.72. The van der Waals surface area contributed by atoms with Crippen LogP contribution in [0.2, 0.25) is 0 Å². The second-order valence-corrected chi connectivity index (χ2v) is 3.72. The first-order valence-corrected chi connectivity index (χ1v) is 5.67. The fourth-order valence-electron chi connectivity index (χ4n) is 1.74. The number of rotatable bonds is 5. The minimum atomic E-state index is -0.672. The van der Waals surface area contributed by atoms with Crippen molar-refractivity contribution >= 4 is 0 Å². The van der Waals surface area contributed by atoms with Crippen LogP contribution in [0.5, 0.6) is 17.2 Å². The van der Waals surface area contributed by atoms with Gasteiger partial charge in [0.15, 0.2) is 23.1 Å². The molecule has 0 bridgehead atoms. The van der Waals surface area contributed by atoms with Crippen molar-refractivity contribution in [2.24, 2.45) is 5.73 Å². The van der Waals surface area contributed by atoms with Gasteiger partial charge >= 0.3 is 0 Å². The fraction of sp³-hybridized carbons (Fsp3) is 0.333. The first-order valence-electron chi connectivity index (χ1n) is 5.67. The zero-order valence-electron chi connectivity index (χ0n) is 11.3. The van der Waals surface area contributed by atoms with E-state index in [4.69, 9.17) is 24.5 Å². The number of methoxy groups -OCH3 is 3. The summed E-state index contributed by atoms with van der Waals surface area (Å²) < 4.78 is 34.6. The quantitative estimate of drug-likeness (QED) is 0.885. The van der Waals surface area contributed by atoms with E-state index in [0.29, 0.717) is 5.75 Å². The number of hydrogen-bond acceptors (Lipinski definition) is 7. The summed E-state index contributed by atoms with van der Waals surface area (Å²) in [6.45, 7) is 0.0536. The highest BCUT2D eigenvalue weighted by Crippen LogP contribution is 2.43. The molecule has 0 atom stereocenters. The molecule has 0 saturated heterocycles. The molecular formula is C12H14FN3O4. The average Bonchev–Trinajstić information content (AvgIpc) is 2.95. The third-order valence-electron chi connectivity index (χ3n) is 2.66. The highest BCUT2D eigenvalue weighted by Gasteiger charge is 2.25. The first kappa shape index (κ1) is 14.1. The summed E-state index contributed by atoms with van der Waals surface area (Å²) in [6.07, 6.45) is 0. The van der Waals surface area contributed by atoms with Gasteiger partial charge in [0.2, 0.25) is 11.7 Å². The Hall–Kier alpha value is -2.35. The van der Waals surface area contributed by atoms with Crippen molar-refractivity contribution in [2.45, 2.75) is 6.54 Å². The monoisotopic (exact) mass is 283 g/mol. The number of ether oxygens (including phenoxy) is 3. The van der Waals surface area contributed by atoms with Crippen molar-refractivity contribution in [1.82, 2.24) is 10.1 Å². The SMILES string of the molecule is COc1cc(OC)c(OC)c(-c2noc(CN)n2)c1F. The summed E-state index contributed by atoms with van der Waals surface area (Å²) in [5.41, 5.74) is 5.38. The van der Waals surface area contributed by atoms with E-state index in [9.17, 15) is 4.39 Å². The van der Waals surface area contributed by atoms with Crippen LogP contribution < -0.4 is 19.9 Å². The summed E-state index contributed by atoms with van der Waals surface area (Å²) in [6, 6.07) is 1.38. The molecule has 2 N–H and O–H groups in total. The van der Waals surface area contributed by atoms with E-state index in [-0.39, 0.29) is 35.3 Å². The lowest BCUT2D eigenvalue weighted by atomic mass is 10.1. The maximum absolute atomic E-state index is 14.4. The number of halogens is 1. The van der Waals surface area contributed by atoms with Gasteiger partial charge < -0.3 is 24.5 Å². The van der Waals surface area contributed by atoms with Gasteiger partial charge in [-0.25, -0.2) is 4.39 Å². The molecule has 0 spiro atoms. The smallest absolute Gasteiger partial charge is 0.240 e. The number of nitrogens with zero attached hydrogens (tertiary/aromatic N) is 2. The zero-order chi connectivity index (χ0) is 14.7. The highest BCUT2D eigenvalue weighted by molar-refractivity contribution is 5.72. The summed E-state index contributed by atoms with van der Waals surface area (Å²) in [4.78, 5) is 3.99. The molecule has 0 unspecified atom stereocenters. The molecule has 2 rings (SSSR count). The minimum Gasteiger partial charge on any atom is -0.494 e. The third kappa shape index (κ3) is 2.25. The standard InChI is InChI=1S/C12H14FN3O4/c1-17-6-4-7(18-2)11(19-3)9(10(6)13)12-15-8(5-14)20-16-12/h4H,5,14H2,1-3H3. The molecule has 0 radical (unpaired) electrons. The van der Waals surface area contributed by atoms with Gasteiger partial charge in [0.1, 0.15) is 5.56 Å². The molecule has 1 aromatic heterocycles. The second kappa shape index (κ2) is 5.74. The lowest BCUT2D eigenvalue weighted by Crippen LogP contribution is -2.01. The Morgan fingerprint density at radius 2 is 1.90 bits per heavy atom. The third-order valence-corrected chi connectivity index (χ3v) is 2.66. The van der Waals surface area contributed by atoms with Gasteiger partial charge in [-0.1, -0.05) is 5.16 Å². The van der Waals surface area contributed by atoms with E-state index in [1.807, 2.05) is 0 Å². The number of hydrogen-bond donors (Lipinski definition) is 1. The van der Waals surface area contributed by atoms with Gasteiger partial charge in [-0.2, -0.15) is 4.98 Å². The van der Waals surface area contributed by atoms with Crippen LogP contribution >= 0.6 is 0 Å². The van der Waals surface area contributed by atoms with E-state index in [1.54, 1.807) is 0 Å². The fourth-order valence-corrected chi connectivity index (χ4v) is 1.74. The first-order chi connectivity index (χ1) is 9.65. The molecule has 0 aliphatic carbocycles. The van der Waals surface area contributed by atoms with Crippen LogP contribution in [0.4, 0.5) is 4.39 Å². The molecule has 7 nitrogen and oxygen atoms in total. The lowest BCUT2D eigenvalue weighted by Gasteiger charge is -2.14. The van der Waals surface area contributed by atoms with Crippen LogP contribution in [-0.2, 0) is 6.54 Å². The predicted octanol–water partition coefficient (Wildman–Crippen LogP) is 1.36. The molecule has 1 aromatic carbocycles. The molecule has 0 aliphatic rings. The van der Waals surface area contributed by atoms with Crippen LogP contribution in [0, 0.1) is 5.82 Å². The molecular weight excluding hydrogens is 269 g/mol. The van der Waals surface area contributed by atoms with Crippen molar-refractivity contribution in [3.63, 3.8) is 0 Å². The van der Waals surface area contributed by atoms with Crippen molar-refractivity contribution in [3.05, 3.63) is 17.8 Å². The molecule has 0 aliphatic heterocycles. The Labute approximate surface area is 114 Å². The molecule has 2 aromatic rings. The topological polar surface area (TPSA) is 92.6 Å². The summed E-state index contributed by atoms with van der Waals surface area (Å²) in [7, 11) is 4.16. The van der Waals surface area contributed by atoms with Crippen molar-refractivity contribution in [3.8, 4) is 28.6 Å². The molecule has 0 amide bonds. The van der Waals surface area contributed by atoms with Crippen LogP contribution in [0.25, 0.3) is 11.4 Å². The van der Waals surface area contributed by atoms with E-state index in [2.05, 4.69) is 10.1 Å². The maximum Gasteiger partial charge on any atom is 0.240 e. The Morgan fingerprint density at radius 3 is 2.40 bits per heavy atom. The van der Waals surface area contributed by atoms with Crippen LogP contribution in [0.15, 0.2) is 10.6 Å².